The van der Waals surface area contributed by atoms with Crippen molar-refractivity contribution >= 4 is 23.1 Å². The summed E-state index contributed by atoms with van der Waals surface area (Å²) in [6.07, 6.45) is -1.27. The van der Waals surface area contributed by atoms with Gasteiger partial charge in [-0.1, -0.05) is 6.58 Å². The van der Waals surface area contributed by atoms with Crippen molar-refractivity contribution in [2.45, 2.75) is 0 Å². The maximum atomic E-state index is 10.7. The van der Waals surface area contributed by atoms with E-state index < -0.39 is 39.4 Å². The largest absolute Gasteiger partial charge is 0.438 e. The Morgan fingerprint density at radius 3 is 1.44 bits per heavy atom. The van der Waals surface area contributed by atoms with Crippen LogP contribution in [0.3, 0.4) is 0 Å². The van der Waals surface area contributed by atoms with Gasteiger partial charge in [0.05, 0.1) is 6.16 Å². The second kappa shape index (κ2) is 4.70. The van der Waals surface area contributed by atoms with Crippen LogP contribution in [0, 0.1) is 0 Å². The molecule has 0 unspecified atom stereocenters. The van der Waals surface area contributed by atoms with Gasteiger partial charge in [0, 0.05) is 5.70 Å². The Morgan fingerprint density at radius 2 is 1.25 bits per heavy atom. The fourth-order valence-corrected chi connectivity index (χ4v) is 3.75. The maximum Gasteiger partial charge on any atom is 0.438 e. The molecule has 10 nitrogen and oxygen atoms in total. The van der Waals surface area contributed by atoms with Gasteiger partial charge in [0.25, 0.3) is 0 Å². The topological polar surface area (TPSA) is 176 Å². The molecule has 16 heavy (non-hydrogen) atoms. The van der Waals surface area contributed by atoms with E-state index in [0.717, 1.165) is 0 Å². The first-order valence-corrected chi connectivity index (χ1v) is 8.32. The Hall–Kier alpha value is -0.0100. The van der Waals surface area contributed by atoms with Crippen molar-refractivity contribution in [1.82, 2.24) is 4.44 Å². The zero-order valence-corrected chi connectivity index (χ0v) is 10.3. The number of nitrogens with zero attached hydrogens (tertiary/aromatic N) is 1. The van der Waals surface area contributed by atoms with Gasteiger partial charge in [-0.15, -0.1) is 0 Å². The highest BCUT2D eigenvalue weighted by atomic mass is 31.3. The minimum Gasteiger partial charge on any atom is -0.324 e. The van der Waals surface area contributed by atoms with Crippen molar-refractivity contribution in [2.75, 3.05) is 6.16 Å². The van der Waals surface area contributed by atoms with Crippen LogP contribution in [0.15, 0.2) is 12.3 Å². The number of allylic oxidation sites excluding steroid dienone is 1. The SMILES string of the molecule is C=C(CP(=O)(O)O)N(P(=O)(O)O)P(=O)(O)O. The molecule has 0 amide bonds. The molecule has 0 saturated heterocycles. The van der Waals surface area contributed by atoms with Crippen LogP contribution in [0.25, 0.3) is 0 Å². The molecule has 0 atom stereocenters. The van der Waals surface area contributed by atoms with Gasteiger partial charge in [-0.3, -0.25) is 4.57 Å². The molecule has 0 bridgehead atoms. The van der Waals surface area contributed by atoms with E-state index in [-0.39, 0.29) is 0 Å². The molecular formula is C3H10NO9P3. The van der Waals surface area contributed by atoms with E-state index in [2.05, 4.69) is 6.58 Å². The fraction of sp³-hybridized carbons (Fsp3) is 0.333. The summed E-state index contributed by atoms with van der Waals surface area (Å²) in [6, 6.07) is 0. The van der Waals surface area contributed by atoms with Gasteiger partial charge >= 0.3 is 23.1 Å². The van der Waals surface area contributed by atoms with Crippen LogP contribution >= 0.6 is 23.1 Å². The zero-order valence-electron chi connectivity index (χ0n) is 7.61. The maximum absolute atomic E-state index is 10.7. The van der Waals surface area contributed by atoms with Crippen LogP contribution in [0.5, 0.6) is 0 Å². The van der Waals surface area contributed by atoms with Crippen molar-refractivity contribution in [2.24, 2.45) is 0 Å². The van der Waals surface area contributed by atoms with E-state index in [1.54, 1.807) is 0 Å². The first kappa shape index (κ1) is 16.0. The molecular weight excluding hydrogens is 287 g/mol. The van der Waals surface area contributed by atoms with E-state index in [9.17, 15) is 13.7 Å². The lowest BCUT2D eigenvalue weighted by Gasteiger charge is -2.26. The average Bonchev–Trinajstić information content (AvgIpc) is 1.70. The summed E-state index contributed by atoms with van der Waals surface area (Å²) in [5.41, 5.74) is -1.05. The summed E-state index contributed by atoms with van der Waals surface area (Å²) in [5.74, 6) is 0. The summed E-state index contributed by atoms with van der Waals surface area (Å²) < 4.78 is 31.2. The standard InChI is InChI=1S/C3H10NO9P3/c1-3(2-14(5,6)7)4(15(8,9)10)16(11,12)13/h1-2H2,(H2,5,6,7)(H2,8,9,10)(H2,11,12,13). The van der Waals surface area contributed by atoms with Crippen LogP contribution < -0.4 is 0 Å². The molecule has 96 valence electrons. The normalized spacial score (nSPS) is 13.6. The van der Waals surface area contributed by atoms with Crippen LogP contribution in [-0.4, -0.2) is 40.0 Å². The molecule has 0 heterocycles. The Bertz CT molecular complexity index is 390. The van der Waals surface area contributed by atoms with Gasteiger partial charge in [-0.25, -0.2) is 9.13 Å². The van der Waals surface area contributed by atoms with Crippen LogP contribution in [0.2, 0.25) is 0 Å². The van der Waals surface area contributed by atoms with Gasteiger partial charge in [0.1, 0.15) is 0 Å². The van der Waals surface area contributed by atoms with Crippen molar-refractivity contribution in [3.8, 4) is 0 Å². The summed E-state index contributed by atoms with van der Waals surface area (Å²) in [7, 11) is -15.6. The Morgan fingerprint density at radius 1 is 0.938 bits per heavy atom. The molecule has 0 aliphatic carbocycles. The molecule has 0 saturated carbocycles. The number of rotatable bonds is 5. The monoisotopic (exact) mass is 297 g/mol. The first-order chi connectivity index (χ1) is 6.75. The van der Waals surface area contributed by atoms with E-state index in [1.807, 2.05) is 0 Å². The lowest BCUT2D eigenvalue weighted by atomic mass is 10.6. The molecule has 0 rings (SSSR count). The van der Waals surface area contributed by atoms with Gasteiger partial charge in [0.15, 0.2) is 0 Å². The molecule has 0 aliphatic rings. The Balaban J connectivity index is 5.27. The molecule has 0 fully saturated rings. The van der Waals surface area contributed by atoms with Gasteiger partial charge < -0.3 is 29.4 Å². The highest BCUT2D eigenvalue weighted by molar-refractivity contribution is 7.65. The van der Waals surface area contributed by atoms with Gasteiger partial charge in [-0.2, -0.15) is 4.44 Å². The van der Waals surface area contributed by atoms with E-state index in [1.165, 1.54) is 0 Å². The zero-order chi connectivity index (χ0) is 13.4. The van der Waals surface area contributed by atoms with Crippen LogP contribution in [0.1, 0.15) is 0 Å². The second-order valence-electron chi connectivity index (χ2n) is 2.71. The van der Waals surface area contributed by atoms with E-state index in [0.29, 0.717) is 0 Å². The molecule has 0 aromatic heterocycles. The van der Waals surface area contributed by atoms with Gasteiger partial charge in [-0.05, 0) is 0 Å². The minimum absolute atomic E-state index is 0.709. The van der Waals surface area contributed by atoms with Crippen LogP contribution in [-0.2, 0) is 13.7 Å². The van der Waals surface area contributed by atoms with E-state index >= 15 is 0 Å². The lowest BCUT2D eigenvalue weighted by molar-refractivity contribution is 0.287. The third-order valence-electron chi connectivity index (χ3n) is 1.16. The van der Waals surface area contributed by atoms with Crippen molar-refractivity contribution in [3.63, 3.8) is 0 Å². The van der Waals surface area contributed by atoms with Crippen molar-refractivity contribution in [1.29, 1.82) is 0 Å². The van der Waals surface area contributed by atoms with Crippen molar-refractivity contribution < 1.29 is 43.1 Å². The smallest absolute Gasteiger partial charge is 0.324 e. The number of hydrogen-bond acceptors (Lipinski definition) is 3. The molecule has 6 N–H and O–H groups in total. The average molecular weight is 297 g/mol. The molecule has 0 aromatic carbocycles. The predicted molar refractivity (Wildman–Crippen MR) is 52.0 cm³/mol. The predicted octanol–water partition coefficient (Wildman–Crippen LogP) is -0.835. The Labute approximate surface area is 89.8 Å². The van der Waals surface area contributed by atoms with Crippen LogP contribution in [0.4, 0.5) is 0 Å². The number of hydrogen-bond donors (Lipinski definition) is 6. The third kappa shape index (κ3) is 5.36. The Kier molecular flexibility index (Phi) is 4.69. The summed E-state index contributed by atoms with van der Waals surface area (Å²) in [5, 5.41) is 0. The van der Waals surface area contributed by atoms with Gasteiger partial charge in [0.2, 0.25) is 0 Å². The summed E-state index contributed by atoms with van der Waals surface area (Å²) in [4.78, 5) is 51.4. The highest BCUT2D eigenvalue weighted by Crippen LogP contribution is 2.61. The summed E-state index contributed by atoms with van der Waals surface area (Å²) in [6.45, 7) is 2.82. The second-order valence-corrected chi connectivity index (χ2v) is 7.52. The lowest BCUT2D eigenvalue weighted by Crippen LogP contribution is -2.18. The van der Waals surface area contributed by atoms with Crippen molar-refractivity contribution in [3.05, 3.63) is 12.3 Å². The third-order valence-corrected chi connectivity index (χ3v) is 4.89. The molecule has 0 spiro atoms. The minimum atomic E-state index is -5.41. The quantitative estimate of drug-likeness (QED) is 0.351. The molecule has 0 aliphatic heterocycles. The highest BCUT2D eigenvalue weighted by Gasteiger charge is 2.41. The first-order valence-electron chi connectivity index (χ1n) is 3.39. The molecule has 0 aromatic rings. The van der Waals surface area contributed by atoms with E-state index in [4.69, 9.17) is 29.4 Å². The molecule has 13 heteroatoms. The molecule has 0 radical (unpaired) electrons. The fourth-order valence-electron chi connectivity index (χ4n) is 0.821. The summed E-state index contributed by atoms with van der Waals surface area (Å²) >= 11 is 0.